The second-order valence-electron chi connectivity index (χ2n) is 6.89. The van der Waals surface area contributed by atoms with E-state index in [0.717, 1.165) is 15.6 Å². The second-order valence-corrected chi connectivity index (χ2v) is 8.57. The van der Waals surface area contributed by atoms with Crippen LogP contribution in [0.1, 0.15) is 32.8 Å². The summed E-state index contributed by atoms with van der Waals surface area (Å²) in [6, 6.07) is 14.1. The first kappa shape index (κ1) is 23.5. The van der Waals surface area contributed by atoms with E-state index in [4.69, 9.17) is 16.3 Å². The zero-order valence-corrected chi connectivity index (χ0v) is 19.7. The molecule has 1 N–H and O–H groups in total. The summed E-state index contributed by atoms with van der Waals surface area (Å²) in [4.78, 5) is 27.1. The van der Waals surface area contributed by atoms with Crippen LogP contribution in [0.25, 0.3) is 0 Å². The van der Waals surface area contributed by atoms with Gasteiger partial charge in [0.15, 0.2) is 6.61 Å². The number of ether oxygens (including phenoxy) is 1. The fraction of sp³-hybridized carbons (Fsp3) is 0.364. The third-order valence-electron chi connectivity index (χ3n) is 4.59. The number of carbonyl (C=O) groups excluding carboxylic acids is 2. The van der Waals surface area contributed by atoms with Gasteiger partial charge < -0.3 is 15.0 Å². The van der Waals surface area contributed by atoms with Gasteiger partial charge in [-0.15, -0.1) is 0 Å². The minimum Gasteiger partial charge on any atom is -0.484 e. The Balaban J connectivity index is 2.14. The van der Waals surface area contributed by atoms with Crippen molar-refractivity contribution in [3.63, 3.8) is 0 Å². The van der Waals surface area contributed by atoms with E-state index in [1.807, 2.05) is 50.2 Å². The van der Waals surface area contributed by atoms with Crippen molar-refractivity contribution in [3.8, 4) is 5.75 Å². The standard InChI is InChI=1S/C22H26ClIN2O3/c1-4-15(2)25-22(28)16(3)26(13-17-6-5-7-18(23)12-17)21(27)14-29-20-10-8-19(24)9-11-20/h5-12,15-16H,4,13-14H2,1-3H3,(H,25,28). The van der Waals surface area contributed by atoms with E-state index in [9.17, 15) is 9.59 Å². The molecule has 0 heterocycles. The van der Waals surface area contributed by atoms with E-state index < -0.39 is 6.04 Å². The molecule has 2 aromatic carbocycles. The molecular formula is C22H26ClIN2O3. The summed E-state index contributed by atoms with van der Waals surface area (Å²) in [5, 5.41) is 3.53. The van der Waals surface area contributed by atoms with E-state index in [-0.39, 0.29) is 31.0 Å². The molecule has 0 saturated carbocycles. The van der Waals surface area contributed by atoms with Crippen molar-refractivity contribution in [1.29, 1.82) is 0 Å². The fourth-order valence-electron chi connectivity index (χ4n) is 2.64. The van der Waals surface area contributed by atoms with Crippen LogP contribution in [0.3, 0.4) is 0 Å². The number of carbonyl (C=O) groups is 2. The molecule has 0 spiro atoms. The number of hydrogen-bond donors (Lipinski definition) is 1. The molecule has 0 aliphatic heterocycles. The van der Waals surface area contributed by atoms with Crippen molar-refractivity contribution in [2.75, 3.05) is 6.61 Å². The lowest BCUT2D eigenvalue weighted by Crippen LogP contribution is -2.50. The topological polar surface area (TPSA) is 58.6 Å². The van der Waals surface area contributed by atoms with Crippen LogP contribution in [-0.4, -0.2) is 35.4 Å². The van der Waals surface area contributed by atoms with Gasteiger partial charge in [0, 0.05) is 21.2 Å². The van der Waals surface area contributed by atoms with Crippen molar-refractivity contribution in [2.45, 2.75) is 45.8 Å². The van der Waals surface area contributed by atoms with Gasteiger partial charge in [-0.1, -0.05) is 30.7 Å². The van der Waals surface area contributed by atoms with Crippen LogP contribution in [0, 0.1) is 3.57 Å². The quantitative estimate of drug-likeness (QED) is 0.482. The highest BCUT2D eigenvalue weighted by Gasteiger charge is 2.27. The molecule has 156 valence electrons. The molecule has 2 amide bonds. The van der Waals surface area contributed by atoms with Gasteiger partial charge in [0.2, 0.25) is 5.91 Å². The van der Waals surface area contributed by atoms with E-state index >= 15 is 0 Å². The van der Waals surface area contributed by atoms with E-state index in [1.165, 1.54) is 4.90 Å². The summed E-state index contributed by atoms with van der Waals surface area (Å²) < 4.78 is 6.73. The van der Waals surface area contributed by atoms with Crippen LogP contribution >= 0.6 is 34.2 Å². The van der Waals surface area contributed by atoms with E-state index in [2.05, 4.69) is 27.9 Å². The predicted octanol–water partition coefficient (Wildman–Crippen LogP) is 4.66. The molecule has 2 atom stereocenters. The van der Waals surface area contributed by atoms with Gasteiger partial charge in [0.1, 0.15) is 11.8 Å². The number of hydrogen-bond acceptors (Lipinski definition) is 3. The number of benzene rings is 2. The van der Waals surface area contributed by atoms with Gasteiger partial charge in [0.05, 0.1) is 0 Å². The number of rotatable bonds is 9. The third-order valence-corrected chi connectivity index (χ3v) is 5.54. The zero-order chi connectivity index (χ0) is 21.4. The summed E-state index contributed by atoms with van der Waals surface area (Å²) in [6.07, 6.45) is 0.816. The Morgan fingerprint density at radius 3 is 2.48 bits per heavy atom. The van der Waals surface area contributed by atoms with Gasteiger partial charge in [-0.05, 0) is 84.8 Å². The lowest BCUT2D eigenvalue weighted by Gasteiger charge is -2.29. The number of nitrogens with one attached hydrogen (secondary N) is 1. The molecule has 0 bridgehead atoms. The molecule has 2 aromatic rings. The summed E-state index contributed by atoms with van der Waals surface area (Å²) >= 11 is 8.29. The minimum atomic E-state index is -0.643. The Bertz CT molecular complexity index is 829. The first-order valence-corrected chi connectivity index (χ1v) is 11.0. The first-order valence-electron chi connectivity index (χ1n) is 9.52. The molecule has 0 aromatic heterocycles. The lowest BCUT2D eigenvalue weighted by atomic mass is 10.1. The van der Waals surface area contributed by atoms with Crippen molar-refractivity contribution in [3.05, 3.63) is 62.7 Å². The zero-order valence-electron chi connectivity index (χ0n) is 16.8. The number of amides is 2. The van der Waals surface area contributed by atoms with Crippen molar-refractivity contribution >= 4 is 46.0 Å². The van der Waals surface area contributed by atoms with Crippen LogP contribution in [0.5, 0.6) is 5.75 Å². The van der Waals surface area contributed by atoms with Gasteiger partial charge in [-0.2, -0.15) is 0 Å². The lowest BCUT2D eigenvalue weighted by molar-refractivity contribution is -0.142. The highest BCUT2D eigenvalue weighted by atomic mass is 127. The average molecular weight is 529 g/mol. The highest BCUT2D eigenvalue weighted by Crippen LogP contribution is 2.17. The summed E-state index contributed by atoms with van der Waals surface area (Å²) in [5.74, 6) is 0.150. The molecule has 0 aliphatic rings. The second kappa shape index (κ2) is 11.4. The van der Waals surface area contributed by atoms with E-state index in [1.54, 1.807) is 19.1 Å². The Labute approximate surface area is 190 Å². The normalized spacial score (nSPS) is 12.7. The minimum absolute atomic E-state index is 0.0381. The monoisotopic (exact) mass is 528 g/mol. The Morgan fingerprint density at radius 1 is 1.17 bits per heavy atom. The summed E-state index contributed by atoms with van der Waals surface area (Å²) in [5.41, 5.74) is 0.850. The van der Waals surface area contributed by atoms with Gasteiger partial charge in [0.25, 0.3) is 5.91 Å². The van der Waals surface area contributed by atoms with Crippen molar-refractivity contribution < 1.29 is 14.3 Å². The molecule has 5 nitrogen and oxygen atoms in total. The maximum atomic E-state index is 13.0. The summed E-state index contributed by atoms with van der Waals surface area (Å²) in [7, 11) is 0. The molecular weight excluding hydrogens is 503 g/mol. The summed E-state index contributed by atoms with van der Waals surface area (Å²) in [6.45, 7) is 5.78. The van der Waals surface area contributed by atoms with E-state index in [0.29, 0.717) is 10.8 Å². The average Bonchev–Trinajstić information content (AvgIpc) is 2.70. The van der Waals surface area contributed by atoms with Gasteiger partial charge >= 0.3 is 0 Å². The number of nitrogens with zero attached hydrogens (tertiary/aromatic N) is 1. The molecule has 0 radical (unpaired) electrons. The molecule has 0 saturated heterocycles. The molecule has 29 heavy (non-hydrogen) atoms. The Kier molecular flexibility index (Phi) is 9.23. The molecule has 2 rings (SSSR count). The number of halogens is 2. The molecule has 0 fully saturated rings. The largest absolute Gasteiger partial charge is 0.484 e. The highest BCUT2D eigenvalue weighted by molar-refractivity contribution is 14.1. The Morgan fingerprint density at radius 2 is 1.86 bits per heavy atom. The van der Waals surface area contributed by atoms with Gasteiger partial charge in [-0.3, -0.25) is 9.59 Å². The SMILES string of the molecule is CCC(C)NC(=O)C(C)N(Cc1cccc(Cl)c1)C(=O)COc1ccc(I)cc1. The third kappa shape index (κ3) is 7.51. The molecule has 7 heteroatoms. The van der Waals surface area contributed by atoms with Gasteiger partial charge in [-0.25, -0.2) is 0 Å². The van der Waals surface area contributed by atoms with Crippen LogP contribution in [0.15, 0.2) is 48.5 Å². The maximum absolute atomic E-state index is 13.0. The molecule has 2 unspecified atom stereocenters. The van der Waals surface area contributed by atoms with Crippen LogP contribution in [0.4, 0.5) is 0 Å². The molecule has 0 aliphatic carbocycles. The van der Waals surface area contributed by atoms with Crippen molar-refractivity contribution in [1.82, 2.24) is 10.2 Å². The fourth-order valence-corrected chi connectivity index (χ4v) is 3.21. The Hall–Kier alpha value is -1.80. The van der Waals surface area contributed by atoms with Crippen LogP contribution in [-0.2, 0) is 16.1 Å². The maximum Gasteiger partial charge on any atom is 0.261 e. The van der Waals surface area contributed by atoms with Crippen molar-refractivity contribution in [2.24, 2.45) is 0 Å². The van der Waals surface area contributed by atoms with Crippen LogP contribution in [0.2, 0.25) is 5.02 Å². The van der Waals surface area contributed by atoms with Crippen LogP contribution < -0.4 is 10.1 Å². The smallest absolute Gasteiger partial charge is 0.261 e. The predicted molar refractivity (Wildman–Crippen MR) is 124 cm³/mol. The first-order chi connectivity index (χ1) is 13.8.